The van der Waals surface area contributed by atoms with Crippen molar-refractivity contribution in [2.45, 2.75) is 18.9 Å². The number of nitrogens with one attached hydrogen (secondary N) is 1. The number of aromatic hydroxyl groups is 1. The molecule has 0 radical (unpaired) electrons. The van der Waals surface area contributed by atoms with Gasteiger partial charge in [0.15, 0.2) is 11.6 Å². The number of rotatable bonds is 5. The molecule has 1 heterocycles. The molecule has 0 saturated carbocycles. The van der Waals surface area contributed by atoms with Crippen LogP contribution in [0.25, 0.3) is 0 Å². The molecular weight excluding hydrogens is 350 g/mol. The maximum Gasteiger partial charge on any atom is 0.165 e. The van der Waals surface area contributed by atoms with E-state index in [-0.39, 0.29) is 36.6 Å². The van der Waals surface area contributed by atoms with Crippen LogP contribution in [0.1, 0.15) is 24.4 Å². The van der Waals surface area contributed by atoms with E-state index in [0.717, 1.165) is 39.0 Å². The Morgan fingerprint density at radius 1 is 1.36 bits per heavy atom. The number of phenolic OH excluding ortho intramolecular Hbond substituents is 1. The minimum absolute atomic E-state index is 0. The minimum atomic E-state index is -0.622. The third-order valence-electron chi connectivity index (χ3n) is 3.68. The Hall–Kier alpha value is -0.520. The minimum Gasteiger partial charge on any atom is -0.505 e. The fourth-order valence-corrected chi connectivity index (χ4v) is 2.93. The largest absolute Gasteiger partial charge is 0.505 e. The summed E-state index contributed by atoms with van der Waals surface area (Å²) in [5, 5.41) is 13.8. The summed E-state index contributed by atoms with van der Waals surface area (Å²) in [5.74, 6) is -0.951. The lowest BCUT2D eigenvalue weighted by atomic mass is 9.98. The summed E-state index contributed by atoms with van der Waals surface area (Å²) >= 11 is 6.20. The lowest BCUT2D eigenvalue weighted by Crippen LogP contribution is -2.45. The van der Waals surface area contributed by atoms with Gasteiger partial charge in [0.2, 0.25) is 0 Å². The Morgan fingerprint density at radius 3 is 2.59 bits per heavy atom. The zero-order valence-corrected chi connectivity index (χ0v) is 14.6. The van der Waals surface area contributed by atoms with Gasteiger partial charge in [0, 0.05) is 42.8 Å². The van der Waals surface area contributed by atoms with Crippen molar-refractivity contribution in [3.8, 4) is 5.75 Å². The highest BCUT2D eigenvalue weighted by Crippen LogP contribution is 2.39. The summed E-state index contributed by atoms with van der Waals surface area (Å²) in [5.41, 5.74) is 0.496. The van der Waals surface area contributed by atoms with Gasteiger partial charge in [-0.15, -0.1) is 31.4 Å². The average Bonchev–Trinajstić information content (AvgIpc) is 2.47. The maximum absolute atomic E-state index is 13.6. The smallest absolute Gasteiger partial charge is 0.165 e. The van der Waals surface area contributed by atoms with Crippen molar-refractivity contribution >= 4 is 36.4 Å². The van der Waals surface area contributed by atoms with Gasteiger partial charge in [0.1, 0.15) is 0 Å². The molecule has 0 amide bonds. The number of halogens is 4. The van der Waals surface area contributed by atoms with E-state index in [0.29, 0.717) is 10.6 Å². The number of phenols is 1. The molecular formula is C15H22Cl3FN2O. The van der Waals surface area contributed by atoms with Crippen molar-refractivity contribution in [1.82, 2.24) is 10.2 Å². The quantitative estimate of drug-likeness (QED) is 0.770. The Morgan fingerprint density at radius 2 is 2.00 bits per heavy atom. The second-order valence-corrected chi connectivity index (χ2v) is 5.37. The first-order valence-corrected chi connectivity index (χ1v) is 7.25. The third-order valence-corrected chi connectivity index (χ3v) is 4.01. The number of piperazine rings is 1. The van der Waals surface area contributed by atoms with Gasteiger partial charge in [-0.3, -0.25) is 4.90 Å². The number of hydrogen-bond donors (Lipinski definition) is 2. The van der Waals surface area contributed by atoms with Crippen LogP contribution in [0, 0.1) is 5.82 Å². The van der Waals surface area contributed by atoms with Gasteiger partial charge in [-0.05, 0) is 25.0 Å². The topological polar surface area (TPSA) is 35.5 Å². The number of hydrogen-bond acceptors (Lipinski definition) is 3. The second-order valence-electron chi connectivity index (χ2n) is 4.96. The fraction of sp³-hybridized carbons (Fsp3) is 0.467. The Balaban J connectivity index is 0.00000220. The van der Waals surface area contributed by atoms with Crippen LogP contribution >= 0.6 is 36.4 Å². The summed E-state index contributed by atoms with van der Waals surface area (Å²) in [6, 6.07) is 2.62. The van der Waals surface area contributed by atoms with Crippen LogP contribution in [0.3, 0.4) is 0 Å². The fourth-order valence-electron chi connectivity index (χ4n) is 2.65. The molecule has 1 saturated heterocycles. The predicted octanol–water partition coefficient (Wildman–Crippen LogP) is 3.94. The van der Waals surface area contributed by atoms with E-state index in [4.69, 9.17) is 11.6 Å². The molecule has 0 bridgehead atoms. The van der Waals surface area contributed by atoms with Crippen molar-refractivity contribution in [2.75, 3.05) is 26.2 Å². The first-order chi connectivity index (χ1) is 9.65. The first-order valence-electron chi connectivity index (χ1n) is 6.87. The van der Waals surface area contributed by atoms with Gasteiger partial charge in [-0.1, -0.05) is 17.7 Å². The first kappa shape index (κ1) is 21.5. The summed E-state index contributed by atoms with van der Waals surface area (Å²) in [7, 11) is 0. The summed E-state index contributed by atoms with van der Waals surface area (Å²) < 4.78 is 13.6. The van der Waals surface area contributed by atoms with Gasteiger partial charge in [0.05, 0.1) is 0 Å². The molecule has 1 aliphatic heterocycles. The van der Waals surface area contributed by atoms with Crippen molar-refractivity contribution in [2.24, 2.45) is 0 Å². The second kappa shape index (κ2) is 10.3. The molecule has 2 rings (SSSR count). The van der Waals surface area contributed by atoms with Crippen LogP contribution in [-0.4, -0.2) is 36.2 Å². The number of benzene rings is 1. The Kier molecular flexibility index (Phi) is 10.0. The molecule has 7 heteroatoms. The van der Waals surface area contributed by atoms with Crippen LogP contribution in [0.5, 0.6) is 5.75 Å². The van der Waals surface area contributed by atoms with Crippen molar-refractivity contribution in [1.29, 1.82) is 0 Å². The molecule has 0 aromatic heterocycles. The van der Waals surface area contributed by atoms with Crippen molar-refractivity contribution < 1.29 is 9.50 Å². The van der Waals surface area contributed by atoms with Gasteiger partial charge in [0.25, 0.3) is 0 Å². The third kappa shape index (κ3) is 5.00. The molecule has 2 N–H and O–H groups in total. The Labute approximate surface area is 148 Å². The molecule has 1 aromatic carbocycles. The van der Waals surface area contributed by atoms with E-state index < -0.39 is 5.82 Å². The molecule has 1 aliphatic rings. The molecule has 3 nitrogen and oxygen atoms in total. The van der Waals surface area contributed by atoms with E-state index >= 15 is 0 Å². The molecule has 1 fully saturated rings. The normalized spacial score (nSPS) is 16.3. The summed E-state index contributed by atoms with van der Waals surface area (Å²) in [4.78, 5) is 2.24. The van der Waals surface area contributed by atoms with E-state index in [1.54, 1.807) is 0 Å². The lowest BCUT2D eigenvalue weighted by molar-refractivity contribution is 0.163. The zero-order valence-electron chi connectivity index (χ0n) is 12.2. The van der Waals surface area contributed by atoms with E-state index in [1.165, 1.54) is 12.1 Å². The van der Waals surface area contributed by atoms with Crippen molar-refractivity contribution in [3.63, 3.8) is 0 Å². The van der Waals surface area contributed by atoms with E-state index in [9.17, 15) is 9.50 Å². The molecule has 0 spiro atoms. The predicted molar refractivity (Wildman–Crippen MR) is 94.2 cm³/mol. The number of nitrogens with zero attached hydrogens (tertiary/aromatic N) is 1. The molecule has 126 valence electrons. The molecule has 0 aliphatic carbocycles. The van der Waals surface area contributed by atoms with Crippen molar-refractivity contribution in [3.05, 3.63) is 41.2 Å². The molecule has 1 aromatic rings. The lowest BCUT2D eigenvalue weighted by Gasteiger charge is -2.35. The molecule has 22 heavy (non-hydrogen) atoms. The highest BCUT2D eigenvalue weighted by molar-refractivity contribution is 6.31. The van der Waals surface area contributed by atoms with Crippen LogP contribution in [-0.2, 0) is 0 Å². The summed E-state index contributed by atoms with van der Waals surface area (Å²) in [6.07, 6.45) is 3.39. The molecule has 0 unspecified atom stereocenters. The summed E-state index contributed by atoms with van der Waals surface area (Å²) in [6.45, 7) is 7.22. The Bertz CT molecular complexity index is 482. The van der Waals surface area contributed by atoms with Crippen LogP contribution in [0.15, 0.2) is 24.8 Å². The highest BCUT2D eigenvalue weighted by Gasteiger charge is 2.27. The van der Waals surface area contributed by atoms with Crippen LogP contribution < -0.4 is 5.32 Å². The van der Waals surface area contributed by atoms with Crippen LogP contribution in [0.2, 0.25) is 5.02 Å². The van der Waals surface area contributed by atoms with Gasteiger partial charge >= 0.3 is 0 Å². The number of allylic oxidation sites excluding steroid dienone is 1. The SMILES string of the molecule is C=CCC[C@H](c1c(Cl)ccc(F)c1O)N1CCNCC1.Cl.Cl. The average molecular weight is 372 g/mol. The van der Waals surface area contributed by atoms with Gasteiger partial charge in [-0.2, -0.15) is 0 Å². The van der Waals surface area contributed by atoms with Crippen LogP contribution in [0.4, 0.5) is 4.39 Å². The van der Waals surface area contributed by atoms with Gasteiger partial charge < -0.3 is 10.4 Å². The maximum atomic E-state index is 13.6. The highest BCUT2D eigenvalue weighted by atomic mass is 35.5. The standard InChI is InChI=1S/C15H20ClFN2O.2ClH/c1-2-3-4-13(19-9-7-18-8-10-19)14-11(16)5-6-12(17)15(14)20;;/h2,5-6,13,18,20H,1,3-4,7-10H2;2*1H/t13-;;/m1../s1. The van der Waals surface area contributed by atoms with E-state index in [2.05, 4.69) is 16.8 Å². The zero-order chi connectivity index (χ0) is 14.5. The molecule has 1 atom stereocenters. The van der Waals surface area contributed by atoms with E-state index in [1.807, 2.05) is 6.08 Å². The van der Waals surface area contributed by atoms with Gasteiger partial charge in [-0.25, -0.2) is 4.39 Å². The monoisotopic (exact) mass is 370 g/mol.